The molecule has 6 heteroatoms. The van der Waals surface area contributed by atoms with Gasteiger partial charge in [0.25, 0.3) is 0 Å². The highest BCUT2D eigenvalue weighted by Gasteiger charge is 2.38. The van der Waals surface area contributed by atoms with Crippen LogP contribution in [0.2, 0.25) is 0 Å². The Bertz CT molecular complexity index is 699. The lowest BCUT2D eigenvalue weighted by Gasteiger charge is -2.36. The van der Waals surface area contributed by atoms with E-state index in [-0.39, 0.29) is 23.9 Å². The van der Waals surface area contributed by atoms with E-state index in [2.05, 4.69) is 34.6 Å². The number of rotatable bonds is 5. The average molecular weight is 385 g/mol. The number of aryl methyl sites for hydroxylation is 1. The number of piperidine rings is 1. The van der Waals surface area contributed by atoms with Crippen LogP contribution in [0.5, 0.6) is 0 Å². The van der Waals surface area contributed by atoms with Crippen molar-refractivity contribution in [3.63, 3.8) is 0 Å². The fourth-order valence-electron chi connectivity index (χ4n) is 4.81. The van der Waals surface area contributed by atoms with E-state index in [1.54, 1.807) is 0 Å². The molecule has 28 heavy (non-hydrogen) atoms. The van der Waals surface area contributed by atoms with Gasteiger partial charge in [0.15, 0.2) is 0 Å². The third-order valence-corrected chi connectivity index (χ3v) is 6.46. The fourth-order valence-corrected chi connectivity index (χ4v) is 4.81. The average Bonchev–Trinajstić information content (AvgIpc) is 3.37. The molecule has 0 spiro atoms. The Balaban J connectivity index is 1.31. The minimum atomic E-state index is -0.0173. The molecule has 3 fully saturated rings. The van der Waals surface area contributed by atoms with Crippen molar-refractivity contribution in [3.05, 3.63) is 29.8 Å². The molecule has 3 aliphatic rings. The van der Waals surface area contributed by atoms with Crippen LogP contribution in [0.25, 0.3) is 0 Å². The second kappa shape index (κ2) is 8.62. The molecule has 152 valence electrons. The van der Waals surface area contributed by atoms with E-state index in [4.69, 9.17) is 0 Å². The molecule has 0 radical (unpaired) electrons. The summed E-state index contributed by atoms with van der Waals surface area (Å²) in [7, 11) is 0. The van der Waals surface area contributed by atoms with E-state index in [0.29, 0.717) is 5.92 Å². The van der Waals surface area contributed by atoms with Crippen molar-refractivity contribution < 1.29 is 9.59 Å². The SMILES string of the molecule is Cc1ccc(N2CCC(N3CCCC(CNC(=O)C4CCCN4)C3)C2=O)cc1. The monoisotopic (exact) mass is 384 g/mol. The van der Waals surface area contributed by atoms with Gasteiger partial charge in [-0.2, -0.15) is 0 Å². The third-order valence-electron chi connectivity index (χ3n) is 6.46. The van der Waals surface area contributed by atoms with Crippen molar-refractivity contribution in [3.8, 4) is 0 Å². The minimum Gasteiger partial charge on any atom is -0.354 e. The summed E-state index contributed by atoms with van der Waals surface area (Å²) in [5, 5.41) is 6.39. The number of benzene rings is 1. The smallest absolute Gasteiger partial charge is 0.244 e. The molecule has 6 nitrogen and oxygen atoms in total. The Hall–Kier alpha value is -1.92. The van der Waals surface area contributed by atoms with Gasteiger partial charge in [0.05, 0.1) is 12.1 Å². The van der Waals surface area contributed by atoms with Crippen LogP contribution in [0.1, 0.15) is 37.7 Å². The maximum atomic E-state index is 13.0. The summed E-state index contributed by atoms with van der Waals surface area (Å²) in [6.07, 6.45) is 5.12. The highest BCUT2D eigenvalue weighted by atomic mass is 16.2. The van der Waals surface area contributed by atoms with Crippen LogP contribution in [0.3, 0.4) is 0 Å². The Labute approximate surface area is 167 Å². The van der Waals surface area contributed by atoms with Gasteiger partial charge in [-0.05, 0) is 70.2 Å². The highest BCUT2D eigenvalue weighted by Crippen LogP contribution is 2.27. The molecule has 0 aliphatic carbocycles. The first-order valence-corrected chi connectivity index (χ1v) is 10.7. The fraction of sp³-hybridized carbons (Fsp3) is 0.636. The molecule has 3 atom stereocenters. The van der Waals surface area contributed by atoms with Gasteiger partial charge in [-0.25, -0.2) is 0 Å². The molecule has 0 bridgehead atoms. The minimum absolute atomic E-state index is 0.0147. The number of hydrogen-bond donors (Lipinski definition) is 2. The van der Waals surface area contributed by atoms with Crippen LogP contribution in [0.15, 0.2) is 24.3 Å². The number of likely N-dealkylation sites (tertiary alicyclic amines) is 1. The Morgan fingerprint density at radius 2 is 1.96 bits per heavy atom. The van der Waals surface area contributed by atoms with E-state index in [9.17, 15) is 9.59 Å². The lowest BCUT2D eigenvalue weighted by atomic mass is 9.96. The van der Waals surface area contributed by atoms with E-state index >= 15 is 0 Å². The Morgan fingerprint density at radius 1 is 1.14 bits per heavy atom. The molecule has 4 rings (SSSR count). The zero-order valence-electron chi connectivity index (χ0n) is 16.8. The number of nitrogens with zero attached hydrogens (tertiary/aromatic N) is 2. The Morgan fingerprint density at radius 3 is 2.71 bits per heavy atom. The second-order valence-corrected chi connectivity index (χ2v) is 8.53. The summed E-state index contributed by atoms with van der Waals surface area (Å²) in [6, 6.07) is 8.18. The topological polar surface area (TPSA) is 64.7 Å². The zero-order chi connectivity index (χ0) is 19.5. The van der Waals surface area contributed by atoms with E-state index in [1.807, 2.05) is 17.0 Å². The van der Waals surface area contributed by atoms with Crippen molar-refractivity contribution in [1.82, 2.24) is 15.5 Å². The third kappa shape index (κ3) is 4.23. The molecule has 0 saturated carbocycles. The van der Waals surface area contributed by atoms with Gasteiger partial charge < -0.3 is 15.5 Å². The second-order valence-electron chi connectivity index (χ2n) is 8.53. The van der Waals surface area contributed by atoms with E-state index < -0.39 is 0 Å². The molecule has 3 unspecified atom stereocenters. The van der Waals surface area contributed by atoms with E-state index in [1.165, 1.54) is 5.56 Å². The summed E-state index contributed by atoms with van der Waals surface area (Å²) >= 11 is 0. The number of carbonyl (C=O) groups excluding carboxylic acids is 2. The van der Waals surface area contributed by atoms with Gasteiger partial charge in [-0.15, -0.1) is 0 Å². The number of hydrogen-bond acceptors (Lipinski definition) is 4. The first-order valence-electron chi connectivity index (χ1n) is 10.7. The van der Waals surface area contributed by atoms with Crippen LogP contribution in [-0.2, 0) is 9.59 Å². The van der Waals surface area contributed by atoms with Crippen molar-refractivity contribution in [2.24, 2.45) is 5.92 Å². The summed E-state index contributed by atoms with van der Waals surface area (Å²) in [6.45, 7) is 6.39. The molecule has 3 saturated heterocycles. The maximum absolute atomic E-state index is 13.0. The molecule has 1 aromatic rings. The van der Waals surface area contributed by atoms with E-state index in [0.717, 1.165) is 70.5 Å². The normalized spacial score (nSPS) is 28.7. The van der Waals surface area contributed by atoms with Gasteiger partial charge in [-0.1, -0.05) is 17.7 Å². The van der Waals surface area contributed by atoms with Crippen LogP contribution in [0, 0.1) is 12.8 Å². The summed E-state index contributed by atoms with van der Waals surface area (Å²) in [4.78, 5) is 29.6. The van der Waals surface area contributed by atoms with Crippen LogP contribution < -0.4 is 15.5 Å². The van der Waals surface area contributed by atoms with Crippen molar-refractivity contribution >= 4 is 17.5 Å². The standard InChI is InChI=1S/C22H32N4O2/c1-16-6-8-18(9-7-16)26-13-10-20(22(26)28)25-12-3-4-17(15-25)14-24-21(27)19-5-2-11-23-19/h6-9,17,19-20,23H,2-5,10-15H2,1H3,(H,24,27). The van der Waals surface area contributed by atoms with Crippen molar-refractivity contribution in [2.75, 3.05) is 37.6 Å². The maximum Gasteiger partial charge on any atom is 0.244 e. The molecule has 0 aromatic heterocycles. The largest absolute Gasteiger partial charge is 0.354 e. The quantitative estimate of drug-likeness (QED) is 0.811. The van der Waals surface area contributed by atoms with Gasteiger partial charge in [-0.3, -0.25) is 14.5 Å². The summed E-state index contributed by atoms with van der Waals surface area (Å²) in [5.74, 6) is 0.793. The van der Waals surface area contributed by atoms with Crippen LogP contribution in [0.4, 0.5) is 5.69 Å². The molecule has 3 aliphatic heterocycles. The van der Waals surface area contributed by atoms with Crippen molar-refractivity contribution in [1.29, 1.82) is 0 Å². The number of nitrogens with one attached hydrogen (secondary N) is 2. The molecular weight excluding hydrogens is 352 g/mol. The first-order chi connectivity index (χ1) is 13.6. The predicted molar refractivity (Wildman–Crippen MR) is 110 cm³/mol. The van der Waals surface area contributed by atoms with Crippen LogP contribution in [-0.4, -0.2) is 61.5 Å². The number of anilines is 1. The molecule has 2 amide bonds. The number of carbonyl (C=O) groups is 2. The molecular formula is C22H32N4O2. The summed E-state index contributed by atoms with van der Waals surface area (Å²) in [5.41, 5.74) is 2.21. The molecule has 2 N–H and O–H groups in total. The highest BCUT2D eigenvalue weighted by molar-refractivity contribution is 5.99. The van der Waals surface area contributed by atoms with Gasteiger partial charge in [0, 0.05) is 25.3 Å². The van der Waals surface area contributed by atoms with Crippen molar-refractivity contribution in [2.45, 2.75) is 51.1 Å². The lowest BCUT2D eigenvalue weighted by Crippen LogP contribution is -2.49. The number of amides is 2. The Kier molecular flexibility index (Phi) is 5.97. The lowest BCUT2D eigenvalue weighted by molar-refractivity contribution is -0.124. The van der Waals surface area contributed by atoms with Gasteiger partial charge in [0.1, 0.15) is 0 Å². The van der Waals surface area contributed by atoms with Gasteiger partial charge >= 0.3 is 0 Å². The summed E-state index contributed by atoms with van der Waals surface area (Å²) < 4.78 is 0. The molecule has 1 aromatic carbocycles. The van der Waals surface area contributed by atoms with Crippen LogP contribution >= 0.6 is 0 Å². The van der Waals surface area contributed by atoms with Gasteiger partial charge in [0.2, 0.25) is 11.8 Å². The molecule has 3 heterocycles. The zero-order valence-corrected chi connectivity index (χ0v) is 16.8. The first kappa shape index (κ1) is 19.4. The predicted octanol–water partition coefficient (Wildman–Crippen LogP) is 1.68.